The molecule has 1 aliphatic heterocycles. The summed E-state index contributed by atoms with van der Waals surface area (Å²) in [6.45, 7) is 5.15. The van der Waals surface area contributed by atoms with Gasteiger partial charge in [-0.15, -0.1) is 0 Å². The molecule has 1 aromatic carbocycles. The lowest BCUT2D eigenvalue weighted by Crippen LogP contribution is -2.16. The van der Waals surface area contributed by atoms with Gasteiger partial charge in [0.15, 0.2) is 27.2 Å². The molecule has 0 atom stereocenters. The molecule has 0 spiro atoms. The molecule has 0 saturated carbocycles. The first kappa shape index (κ1) is 16.8. The van der Waals surface area contributed by atoms with E-state index in [1.807, 2.05) is 6.07 Å². The minimum Gasteiger partial charge on any atom is -0.486 e. The fourth-order valence-corrected chi connectivity index (χ4v) is 3.20. The van der Waals surface area contributed by atoms with Gasteiger partial charge in [0.2, 0.25) is 0 Å². The van der Waals surface area contributed by atoms with E-state index in [2.05, 4.69) is 23.9 Å². The van der Waals surface area contributed by atoms with Crippen LogP contribution in [0.25, 0.3) is 5.69 Å². The summed E-state index contributed by atoms with van der Waals surface area (Å²) < 4.78 is 36.1. The smallest absolute Gasteiger partial charge is 0.163 e. The van der Waals surface area contributed by atoms with Crippen molar-refractivity contribution in [2.45, 2.75) is 26.0 Å². The maximum Gasteiger partial charge on any atom is 0.163 e. The average Bonchev–Trinajstić information content (AvgIpc) is 2.86. The fourth-order valence-electron chi connectivity index (χ4n) is 2.54. The molecule has 8 heteroatoms. The summed E-state index contributed by atoms with van der Waals surface area (Å²) in [5.41, 5.74) is 0.709. The highest BCUT2D eigenvalue weighted by Gasteiger charge is 2.19. The first-order valence-corrected chi connectivity index (χ1v) is 9.90. The van der Waals surface area contributed by atoms with Crippen LogP contribution in [-0.4, -0.2) is 42.7 Å². The van der Waals surface area contributed by atoms with Gasteiger partial charge in [-0.1, -0.05) is 13.8 Å². The Kier molecular flexibility index (Phi) is 4.49. The third kappa shape index (κ3) is 3.87. The molecular weight excluding hydrogens is 330 g/mol. The van der Waals surface area contributed by atoms with Crippen molar-refractivity contribution in [2.24, 2.45) is 5.92 Å². The van der Waals surface area contributed by atoms with Crippen LogP contribution in [-0.2, 0) is 22.0 Å². The lowest BCUT2D eigenvalue weighted by Gasteiger charge is -2.19. The van der Waals surface area contributed by atoms with Gasteiger partial charge in [0, 0.05) is 18.7 Å². The number of hydrogen-bond donors (Lipinski definition) is 0. The standard InChI is InChI=1S/C16H21N3O4S/c1-11(2)8-15-17-16(10-24(3,20)21)19(18-15)12-4-5-13-14(9-12)23-7-6-22-13/h4-5,9,11H,6-8,10H2,1-3H3. The van der Waals surface area contributed by atoms with Crippen LogP contribution in [0.1, 0.15) is 25.5 Å². The molecule has 3 rings (SSSR count). The van der Waals surface area contributed by atoms with Crippen LogP contribution in [0, 0.1) is 5.92 Å². The number of aromatic nitrogens is 3. The topological polar surface area (TPSA) is 83.3 Å². The normalized spacial score (nSPS) is 14.2. The fraction of sp³-hybridized carbons (Fsp3) is 0.500. The number of hydrogen-bond acceptors (Lipinski definition) is 6. The summed E-state index contributed by atoms with van der Waals surface area (Å²) in [6, 6.07) is 5.43. The monoisotopic (exact) mass is 351 g/mol. The van der Waals surface area contributed by atoms with Crippen molar-refractivity contribution >= 4 is 9.84 Å². The Morgan fingerprint density at radius 3 is 2.58 bits per heavy atom. The predicted molar refractivity (Wildman–Crippen MR) is 89.4 cm³/mol. The average molecular weight is 351 g/mol. The van der Waals surface area contributed by atoms with Crippen molar-refractivity contribution < 1.29 is 17.9 Å². The molecule has 0 saturated heterocycles. The molecule has 0 unspecified atom stereocenters. The molecule has 0 fully saturated rings. The summed E-state index contributed by atoms with van der Waals surface area (Å²) in [5, 5.41) is 4.50. The second-order valence-corrected chi connectivity index (χ2v) is 8.49. The predicted octanol–water partition coefficient (Wildman–Crippen LogP) is 1.78. The van der Waals surface area contributed by atoms with Crippen LogP contribution >= 0.6 is 0 Å². The largest absolute Gasteiger partial charge is 0.486 e. The van der Waals surface area contributed by atoms with Crippen molar-refractivity contribution in [3.8, 4) is 17.2 Å². The van der Waals surface area contributed by atoms with Crippen LogP contribution < -0.4 is 9.47 Å². The highest BCUT2D eigenvalue weighted by Crippen LogP contribution is 2.32. The third-order valence-corrected chi connectivity index (χ3v) is 4.25. The SMILES string of the molecule is CC(C)Cc1nc(CS(C)(=O)=O)n(-c2ccc3c(c2)OCCO3)n1. The highest BCUT2D eigenvalue weighted by atomic mass is 32.2. The summed E-state index contributed by atoms with van der Waals surface area (Å²) in [5.74, 6) is 2.57. The number of fused-ring (bicyclic) bond motifs is 1. The third-order valence-electron chi connectivity index (χ3n) is 3.47. The van der Waals surface area contributed by atoms with Gasteiger partial charge in [0.05, 0.1) is 5.69 Å². The molecule has 2 heterocycles. The second-order valence-electron chi connectivity index (χ2n) is 6.35. The molecule has 7 nitrogen and oxygen atoms in total. The quantitative estimate of drug-likeness (QED) is 0.816. The molecular formula is C16H21N3O4S. The van der Waals surface area contributed by atoms with Crippen molar-refractivity contribution in [3.63, 3.8) is 0 Å². The Morgan fingerprint density at radius 2 is 1.92 bits per heavy atom. The Morgan fingerprint density at radius 1 is 1.21 bits per heavy atom. The van der Waals surface area contributed by atoms with Gasteiger partial charge < -0.3 is 9.47 Å². The summed E-state index contributed by atoms with van der Waals surface area (Å²) >= 11 is 0. The summed E-state index contributed by atoms with van der Waals surface area (Å²) in [6.07, 6.45) is 1.88. The van der Waals surface area contributed by atoms with Gasteiger partial charge >= 0.3 is 0 Å². The van der Waals surface area contributed by atoms with Crippen molar-refractivity contribution in [3.05, 3.63) is 29.8 Å². The molecule has 0 bridgehead atoms. The maximum absolute atomic E-state index is 11.7. The van der Waals surface area contributed by atoms with E-state index in [0.717, 1.165) is 0 Å². The van der Waals surface area contributed by atoms with Gasteiger partial charge in [0.25, 0.3) is 0 Å². The second kappa shape index (κ2) is 6.43. The Balaban J connectivity index is 2.03. The maximum atomic E-state index is 11.7. The minimum atomic E-state index is -3.22. The molecule has 0 amide bonds. The molecule has 1 aliphatic rings. The van der Waals surface area contributed by atoms with Crippen LogP contribution in [0.15, 0.2) is 18.2 Å². The van der Waals surface area contributed by atoms with Gasteiger partial charge in [-0.2, -0.15) is 5.10 Å². The molecule has 2 aromatic rings. The Bertz CT molecular complexity index is 843. The van der Waals surface area contributed by atoms with E-state index < -0.39 is 9.84 Å². The van der Waals surface area contributed by atoms with E-state index in [1.165, 1.54) is 6.26 Å². The molecule has 1 aromatic heterocycles. The zero-order valence-corrected chi connectivity index (χ0v) is 14.8. The number of sulfone groups is 1. The molecule has 130 valence electrons. The zero-order chi connectivity index (χ0) is 17.3. The van der Waals surface area contributed by atoms with Gasteiger partial charge in [-0.05, 0) is 18.1 Å². The molecule has 24 heavy (non-hydrogen) atoms. The van der Waals surface area contributed by atoms with Crippen LogP contribution in [0.5, 0.6) is 11.5 Å². The van der Waals surface area contributed by atoms with E-state index in [4.69, 9.17) is 9.47 Å². The molecule has 0 aliphatic carbocycles. The van der Waals surface area contributed by atoms with E-state index in [1.54, 1.807) is 16.8 Å². The van der Waals surface area contributed by atoms with Crippen LogP contribution in [0.3, 0.4) is 0 Å². The van der Waals surface area contributed by atoms with E-state index in [9.17, 15) is 8.42 Å². The first-order chi connectivity index (χ1) is 11.3. The van der Waals surface area contributed by atoms with Crippen LogP contribution in [0.2, 0.25) is 0 Å². The van der Waals surface area contributed by atoms with E-state index in [-0.39, 0.29) is 5.75 Å². The number of rotatable bonds is 5. The Labute approximate surface area is 141 Å². The summed E-state index contributed by atoms with van der Waals surface area (Å²) in [7, 11) is -3.22. The number of ether oxygens (including phenoxy) is 2. The number of benzene rings is 1. The molecule has 0 N–H and O–H groups in total. The van der Waals surface area contributed by atoms with Crippen molar-refractivity contribution in [2.75, 3.05) is 19.5 Å². The minimum absolute atomic E-state index is 0.160. The Hall–Kier alpha value is -2.09. The van der Waals surface area contributed by atoms with E-state index in [0.29, 0.717) is 54.4 Å². The van der Waals surface area contributed by atoms with Gasteiger partial charge in [-0.3, -0.25) is 0 Å². The van der Waals surface area contributed by atoms with Crippen molar-refractivity contribution in [1.82, 2.24) is 14.8 Å². The first-order valence-electron chi connectivity index (χ1n) is 7.84. The zero-order valence-electron chi connectivity index (χ0n) is 14.0. The lowest BCUT2D eigenvalue weighted by molar-refractivity contribution is 0.171. The number of nitrogens with zero attached hydrogens (tertiary/aromatic N) is 3. The lowest BCUT2D eigenvalue weighted by atomic mass is 10.1. The molecule has 0 radical (unpaired) electrons. The van der Waals surface area contributed by atoms with E-state index >= 15 is 0 Å². The van der Waals surface area contributed by atoms with Crippen molar-refractivity contribution in [1.29, 1.82) is 0 Å². The van der Waals surface area contributed by atoms with Gasteiger partial charge in [-0.25, -0.2) is 18.1 Å². The van der Waals surface area contributed by atoms with Crippen LogP contribution in [0.4, 0.5) is 0 Å². The highest BCUT2D eigenvalue weighted by molar-refractivity contribution is 7.89. The van der Waals surface area contributed by atoms with Gasteiger partial charge in [0.1, 0.15) is 24.8 Å². The summed E-state index contributed by atoms with van der Waals surface area (Å²) in [4.78, 5) is 4.42.